The van der Waals surface area contributed by atoms with Gasteiger partial charge in [0.05, 0.1) is 24.0 Å². The molecule has 0 saturated heterocycles. The molecule has 0 aliphatic rings. The average Bonchev–Trinajstić information content (AvgIpc) is 2.78. The number of fused-ring (bicyclic) bond motifs is 1. The molecule has 0 saturated carbocycles. The summed E-state index contributed by atoms with van der Waals surface area (Å²) in [7, 11) is 0. The van der Waals surface area contributed by atoms with Crippen molar-refractivity contribution in [2.45, 2.75) is 20.4 Å². The van der Waals surface area contributed by atoms with Gasteiger partial charge < -0.3 is 0 Å². The first-order valence-electron chi connectivity index (χ1n) is 5.74. The standard InChI is InChI=1S/C12H11N5OS/c1-7-10-11(19-16-7)15-6-17(12(10)18)5-9-3-13-8(2)14-4-9/h3-4,6H,5H2,1-2H3. The van der Waals surface area contributed by atoms with E-state index in [4.69, 9.17) is 0 Å². The van der Waals surface area contributed by atoms with Crippen LogP contribution in [0.1, 0.15) is 17.1 Å². The Kier molecular flexibility index (Phi) is 2.83. The molecule has 6 nitrogen and oxygen atoms in total. The number of hydrogen-bond donors (Lipinski definition) is 0. The average molecular weight is 273 g/mol. The van der Waals surface area contributed by atoms with Crippen LogP contribution in [0.25, 0.3) is 10.2 Å². The molecule has 7 heteroatoms. The van der Waals surface area contributed by atoms with Crippen LogP contribution < -0.4 is 5.56 Å². The van der Waals surface area contributed by atoms with Gasteiger partial charge in [0.1, 0.15) is 5.82 Å². The van der Waals surface area contributed by atoms with Crippen molar-refractivity contribution in [2.24, 2.45) is 0 Å². The van der Waals surface area contributed by atoms with Crippen molar-refractivity contribution in [2.75, 3.05) is 0 Å². The molecule has 0 N–H and O–H groups in total. The third-order valence-electron chi connectivity index (χ3n) is 2.82. The molecular formula is C12H11N5OS. The Balaban J connectivity index is 2.06. The van der Waals surface area contributed by atoms with Gasteiger partial charge in [-0.15, -0.1) is 0 Å². The van der Waals surface area contributed by atoms with Gasteiger partial charge in [-0.2, -0.15) is 4.37 Å². The minimum Gasteiger partial charge on any atom is -0.294 e. The predicted molar refractivity (Wildman–Crippen MR) is 72.3 cm³/mol. The summed E-state index contributed by atoms with van der Waals surface area (Å²) in [4.78, 5) is 25.5. The quantitative estimate of drug-likeness (QED) is 0.703. The highest BCUT2D eigenvalue weighted by Crippen LogP contribution is 2.15. The van der Waals surface area contributed by atoms with Gasteiger partial charge in [-0.25, -0.2) is 15.0 Å². The van der Waals surface area contributed by atoms with Crippen molar-refractivity contribution in [3.05, 3.63) is 46.2 Å². The lowest BCUT2D eigenvalue weighted by atomic mass is 10.3. The second-order valence-electron chi connectivity index (χ2n) is 4.26. The van der Waals surface area contributed by atoms with Crippen molar-refractivity contribution in [3.8, 4) is 0 Å². The van der Waals surface area contributed by atoms with E-state index in [1.807, 2.05) is 13.8 Å². The molecule has 0 fully saturated rings. The SMILES string of the molecule is Cc1ncc(Cn2cnc3snc(C)c3c2=O)cn1. The van der Waals surface area contributed by atoms with E-state index in [0.717, 1.165) is 11.3 Å². The molecular weight excluding hydrogens is 262 g/mol. The smallest absolute Gasteiger partial charge is 0.264 e. The molecule has 3 aromatic heterocycles. The maximum atomic E-state index is 12.3. The summed E-state index contributed by atoms with van der Waals surface area (Å²) in [5, 5.41) is 0.598. The van der Waals surface area contributed by atoms with Crippen LogP contribution in [0.5, 0.6) is 0 Å². The van der Waals surface area contributed by atoms with Gasteiger partial charge in [-0.1, -0.05) is 0 Å². The summed E-state index contributed by atoms with van der Waals surface area (Å²) in [6, 6.07) is 0. The number of hydrogen-bond acceptors (Lipinski definition) is 6. The Morgan fingerprint density at radius 2 is 1.95 bits per heavy atom. The van der Waals surface area contributed by atoms with Gasteiger partial charge in [0.15, 0.2) is 4.83 Å². The molecule has 0 spiro atoms. The molecule has 0 aliphatic heterocycles. The Bertz CT molecular complexity index is 790. The van der Waals surface area contributed by atoms with Crippen LogP contribution in [-0.4, -0.2) is 23.9 Å². The highest BCUT2D eigenvalue weighted by molar-refractivity contribution is 7.12. The fraction of sp³-hybridized carbons (Fsp3) is 0.250. The van der Waals surface area contributed by atoms with E-state index in [-0.39, 0.29) is 5.56 Å². The molecule has 0 bridgehead atoms. The normalized spacial score (nSPS) is 11.1. The van der Waals surface area contributed by atoms with Crippen molar-refractivity contribution in [1.29, 1.82) is 0 Å². The van der Waals surface area contributed by atoms with Crippen molar-refractivity contribution >= 4 is 21.7 Å². The largest absolute Gasteiger partial charge is 0.294 e. The van der Waals surface area contributed by atoms with E-state index >= 15 is 0 Å². The number of nitrogens with zero attached hydrogens (tertiary/aromatic N) is 5. The van der Waals surface area contributed by atoms with Crippen LogP contribution >= 0.6 is 11.5 Å². The monoisotopic (exact) mass is 273 g/mol. The van der Waals surface area contributed by atoms with Gasteiger partial charge in [-0.05, 0) is 25.4 Å². The maximum Gasteiger partial charge on any atom is 0.264 e. The van der Waals surface area contributed by atoms with E-state index in [0.29, 0.717) is 22.6 Å². The van der Waals surface area contributed by atoms with Gasteiger partial charge >= 0.3 is 0 Å². The van der Waals surface area contributed by atoms with Crippen molar-refractivity contribution < 1.29 is 0 Å². The second-order valence-corrected chi connectivity index (χ2v) is 5.02. The van der Waals surface area contributed by atoms with Gasteiger partial charge in [0.25, 0.3) is 5.56 Å². The lowest BCUT2D eigenvalue weighted by molar-refractivity contribution is 0.740. The molecule has 0 aliphatic carbocycles. The Morgan fingerprint density at radius 1 is 1.21 bits per heavy atom. The van der Waals surface area contributed by atoms with Crippen LogP contribution in [0.15, 0.2) is 23.5 Å². The minimum atomic E-state index is -0.0724. The molecule has 3 rings (SSSR count). The second kappa shape index (κ2) is 4.51. The summed E-state index contributed by atoms with van der Waals surface area (Å²) in [5.74, 6) is 0.711. The molecule has 0 unspecified atom stereocenters. The molecule has 3 aromatic rings. The highest BCUT2D eigenvalue weighted by Gasteiger charge is 2.10. The minimum absolute atomic E-state index is 0.0724. The van der Waals surface area contributed by atoms with Crippen molar-refractivity contribution in [1.82, 2.24) is 23.9 Å². The predicted octanol–water partition coefficient (Wildman–Crippen LogP) is 1.31. The highest BCUT2D eigenvalue weighted by atomic mass is 32.1. The van der Waals surface area contributed by atoms with E-state index < -0.39 is 0 Å². The lowest BCUT2D eigenvalue weighted by Gasteiger charge is -2.04. The number of rotatable bonds is 2. The summed E-state index contributed by atoms with van der Waals surface area (Å²) in [5.41, 5.74) is 1.53. The third kappa shape index (κ3) is 2.12. The van der Waals surface area contributed by atoms with Gasteiger partial charge in [-0.3, -0.25) is 9.36 Å². The first-order chi connectivity index (χ1) is 9.15. The summed E-state index contributed by atoms with van der Waals surface area (Å²) >= 11 is 1.25. The van der Waals surface area contributed by atoms with E-state index in [1.165, 1.54) is 11.5 Å². The summed E-state index contributed by atoms with van der Waals surface area (Å²) in [6.45, 7) is 4.06. The fourth-order valence-corrected chi connectivity index (χ4v) is 2.56. The fourth-order valence-electron chi connectivity index (χ4n) is 1.82. The van der Waals surface area contributed by atoms with Gasteiger partial charge in [0, 0.05) is 18.0 Å². The summed E-state index contributed by atoms with van der Waals surface area (Å²) < 4.78 is 5.71. The number of aryl methyl sites for hydroxylation is 2. The molecule has 19 heavy (non-hydrogen) atoms. The van der Waals surface area contributed by atoms with Gasteiger partial charge in [0.2, 0.25) is 0 Å². The third-order valence-corrected chi connectivity index (χ3v) is 3.67. The van der Waals surface area contributed by atoms with Crippen LogP contribution in [0.2, 0.25) is 0 Å². The molecule has 0 aromatic carbocycles. The Morgan fingerprint density at radius 3 is 2.68 bits per heavy atom. The Hall–Kier alpha value is -2.15. The van der Waals surface area contributed by atoms with Crippen molar-refractivity contribution in [3.63, 3.8) is 0 Å². The molecule has 3 heterocycles. The zero-order valence-corrected chi connectivity index (χ0v) is 11.3. The lowest BCUT2D eigenvalue weighted by Crippen LogP contribution is -2.21. The van der Waals surface area contributed by atoms with E-state index in [9.17, 15) is 4.79 Å². The van der Waals surface area contributed by atoms with Crippen LogP contribution in [0.4, 0.5) is 0 Å². The molecule has 0 radical (unpaired) electrons. The molecule has 0 amide bonds. The van der Waals surface area contributed by atoms with E-state index in [1.54, 1.807) is 23.3 Å². The molecule has 0 atom stereocenters. The number of aromatic nitrogens is 5. The van der Waals surface area contributed by atoms with Crippen LogP contribution in [-0.2, 0) is 6.54 Å². The molecule has 96 valence electrons. The first kappa shape index (κ1) is 11.9. The van der Waals surface area contributed by atoms with Crippen LogP contribution in [0.3, 0.4) is 0 Å². The topological polar surface area (TPSA) is 73.6 Å². The van der Waals surface area contributed by atoms with Crippen LogP contribution in [0, 0.1) is 13.8 Å². The first-order valence-corrected chi connectivity index (χ1v) is 6.51. The Labute approximate surface area is 113 Å². The zero-order valence-electron chi connectivity index (χ0n) is 10.5. The maximum absolute atomic E-state index is 12.3. The zero-order chi connectivity index (χ0) is 13.4. The summed E-state index contributed by atoms with van der Waals surface area (Å²) in [6.07, 6.45) is 4.98. The van der Waals surface area contributed by atoms with E-state index in [2.05, 4.69) is 19.3 Å².